The van der Waals surface area contributed by atoms with Crippen molar-refractivity contribution >= 4 is 11.8 Å². The van der Waals surface area contributed by atoms with Gasteiger partial charge in [-0.3, -0.25) is 9.59 Å². The zero-order chi connectivity index (χ0) is 17.0. The van der Waals surface area contributed by atoms with Crippen LogP contribution >= 0.6 is 0 Å². The van der Waals surface area contributed by atoms with Gasteiger partial charge in [0.05, 0.1) is 19.4 Å². The Morgan fingerprint density at radius 2 is 1.38 bits per heavy atom. The highest BCUT2D eigenvalue weighted by atomic mass is 16.5. The van der Waals surface area contributed by atoms with Crippen molar-refractivity contribution in [1.29, 1.82) is 0 Å². The first-order chi connectivity index (χ1) is 11.7. The van der Waals surface area contributed by atoms with Crippen molar-refractivity contribution in [2.24, 2.45) is 0 Å². The van der Waals surface area contributed by atoms with E-state index < -0.39 is 0 Å². The van der Waals surface area contributed by atoms with Gasteiger partial charge in [-0.25, -0.2) is 0 Å². The van der Waals surface area contributed by atoms with Gasteiger partial charge in [-0.05, 0) is 17.7 Å². The summed E-state index contributed by atoms with van der Waals surface area (Å²) in [6.07, 6.45) is 0.632. The molecule has 0 atom stereocenters. The van der Waals surface area contributed by atoms with Crippen molar-refractivity contribution in [3.8, 4) is 5.75 Å². The van der Waals surface area contributed by atoms with Crippen LogP contribution in [0.3, 0.4) is 0 Å². The van der Waals surface area contributed by atoms with Gasteiger partial charge in [-0.2, -0.15) is 0 Å². The molecule has 0 aliphatic rings. The molecule has 2 aromatic rings. The third-order valence-corrected chi connectivity index (χ3v) is 3.32. The van der Waals surface area contributed by atoms with E-state index in [9.17, 15) is 9.59 Å². The quantitative estimate of drug-likeness (QED) is 0.692. The van der Waals surface area contributed by atoms with Crippen LogP contribution in [0.5, 0.6) is 5.75 Å². The van der Waals surface area contributed by atoms with E-state index in [1.165, 1.54) is 0 Å². The number of carbonyl (C=O) groups excluding carboxylic acids is 2. The molecule has 0 saturated heterocycles. The van der Waals surface area contributed by atoms with Crippen LogP contribution in [0.15, 0.2) is 60.7 Å². The van der Waals surface area contributed by atoms with Gasteiger partial charge in [-0.1, -0.05) is 48.5 Å². The molecule has 0 bridgehead atoms. The van der Waals surface area contributed by atoms with E-state index in [0.29, 0.717) is 26.1 Å². The third-order valence-electron chi connectivity index (χ3n) is 3.32. The molecule has 5 heteroatoms. The van der Waals surface area contributed by atoms with Crippen molar-refractivity contribution in [2.45, 2.75) is 12.8 Å². The number of benzene rings is 2. The predicted molar refractivity (Wildman–Crippen MR) is 92.7 cm³/mol. The number of nitrogens with one attached hydrogen (secondary N) is 2. The predicted octanol–water partition coefficient (Wildman–Crippen LogP) is 1.93. The fourth-order valence-electron chi connectivity index (χ4n) is 2.11. The van der Waals surface area contributed by atoms with Gasteiger partial charge in [0.15, 0.2) is 0 Å². The van der Waals surface area contributed by atoms with Crippen LogP contribution in [0.4, 0.5) is 0 Å². The Bertz CT molecular complexity index is 630. The fourth-order valence-corrected chi connectivity index (χ4v) is 2.11. The van der Waals surface area contributed by atoms with Crippen LogP contribution < -0.4 is 15.4 Å². The van der Waals surface area contributed by atoms with Gasteiger partial charge in [0, 0.05) is 13.1 Å². The van der Waals surface area contributed by atoms with Gasteiger partial charge in [0.25, 0.3) is 0 Å². The zero-order valence-corrected chi connectivity index (χ0v) is 13.5. The lowest BCUT2D eigenvalue weighted by molar-refractivity contribution is -0.122. The number of para-hydroxylation sites is 1. The zero-order valence-electron chi connectivity index (χ0n) is 13.5. The first-order valence-corrected chi connectivity index (χ1v) is 7.99. The molecule has 0 aromatic heterocycles. The molecule has 2 N–H and O–H groups in total. The SMILES string of the molecule is O=C(CCOc1ccccc1)NCCNC(=O)Cc1ccccc1. The van der Waals surface area contributed by atoms with E-state index in [-0.39, 0.29) is 18.2 Å². The second-order valence-electron chi connectivity index (χ2n) is 5.27. The molecule has 0 radical (unpaired) electrons. The van der Waals surface area contributed by atoms with Crippen molar-refractivity contribution in [3.05, 3.63) is 66.2 Å². The minimum absolute atomic E-state index is 0.0529. The summed E-state index contributed by atoms with van der Waals surface area (Å²) in [6.45, 7) is 1.15. The molecule has 24 heavy (non-hydrogen) atoms. The van der Waals surface area contributed by atoms with Crippen LogP contribution in [0, 0.1) is 0 Å². The second-order valence-corrected chi connectivity index (χ2v) is 5.27. The Labute approximate surface area is 142 Å². The largest absolute Gasteiger partial charge is 0.493 e. The number of hydrogen-bond acceptors (Lipinski definition) is 3. The van der Waals surface area contributed by atoms with E-state index >= 15 is 0 Å². The summed E-state index contributed by atoms with van der Waals surface area (Å²) in [5.74, 6) is 0.601. The average molecular weight is 326 g/mol. The Kier molecular flexibility index (Phi) is 7.34. The average Bonchev–Trinajstić information content (AvgIpc) is 2.60. The molecule has 0 saturated carbocycles. The summed E-state index contributed by atoms with van der Waals surface area (Å²) in [4.78, 5) is 23.4. The summed E-state index contributed by atoms with van der Waals surface area (Å²) >= 11 is 0. The molecule has 0 aliphatic carbocycles. The fraction of sp³-hybridized carbons (Fsp3) is 0.263. The number of hydrogen-bond donors (Lipinski definition) is 2. The first-order valence-electron chi connectivity index (χ1n) is 7.99. The Morgan fingerprint density at radius 1 is 0.792 bits per heavy atom. The van der Waals surface area contributed by atoms with Crippen LogP contribution in [0.2, 0.25) is 0 Å². The van der Waals surface area contributed by atoms with Crippen molar-refractivity contribution < 1.29 is 14.3 Å². The topological polar surface area (TPSA) is 67.4 Å². The molecule has 0 spiro atoms. The lowest BCUT2D eigenvalue weighted by atomic mass is 10.1. The minimum Gasteiger partial charge on any atom is -0.493 e. The highest BCUT2D eigenvalue weighted by Crippen LogP contribution is 2.08. The lowest BCUT2D eigenvalue weighted by Crippen LogP contribution is -2.35. The normalized spacial score (nSPS) is 10.0. The summed E-state index contributed by atoms with van der Waals surface area (Å²) in [6, 6.07) is 18.9. The Balaban J connectivity index is 1.52. The van der Waals surface area contributed by atoms with Gasteiger partial charge < -0.3 is 15.4 Å². The first kappa shape index (κ1) is 17.5. The minimum atomic E-state index is -0.0942. The number of carbonyl (C=O) groups is 2. The lowest BCUT2D eigenvalue weighted by Gasteiger charge is -2.08. The number of amides is 2. The summed E-state index contributed by atoms with van der Waals surface area (Å²) in [5, 5.41) is 5.54. The Morgan fingerprint density at radius 3 is 2.04 bits per heavy atom. The third kappa shape index (κ3) is 6.96. The van der Waals surface area contributed by atoms with Gasteiger partial charge in [0.2, 0.25) is 11.8 Å². The van der Waals surface area contributed by atoms with Crippen molar-refractivity contribution in [2.75, 3.05) is 19.7 Å². The maximum Gasteiger partial charge on any atom is 0.224 e. The smallest absolute Gasteiger partial charge is 0.224 e. The van der Waals surface area contributed by atoms with E-state index in [4.69, 9.17) is 4.74 Å². The second kappa shape index (κ2) is 10.0. The molecule has 5 nitrogen and oxygen atoms in total. The maximum absolute atomic E-state index is 11.7. The van der Waals surface area contributed by atoms with Crippen LogP contribution in [0.25, 0.3) is 0 Å². The summed E-state index contributed by atoms with van der Waals surface area (Å²) in [7, 11) is 0. The highest BCUT2D eigenvalue weighted by molar-refractivity contribution is 5.79. The highest BCUT2D eigenvalue weighted by Gasteiger charge is 2.04. The van der Waals surface area contributed by atoms with Gasteiger partial charge in [0.1, 0.15) is 5.75 Å². The van der Waals surface area contributed by atoms with E-state index in [1.54, 1.807) is 0 Å². The van der Waals surface area contributed by atoms with Crippen molar-refractivity contribution in [3.63, 3.8) is 0 Å². The molecule has 2 aromatic carbocycles. The van der Waals surface area contributed by atoms with Crippen molar-refractivity contribution in [1.82, 2.24) is 10.6 Å². The Hall–Kier alpha value is -2.82. The molecule has 126 valence electrons. The number of ether oxygens (including phenoxy) is 1. The summed E-state index contributed by atoms with van der Waals surface area (Å²) < 4.78 is 5.46. The molecule has 0 unspecified atom stereocenters. The maximum atomic E-state index is 11.7. The number of rotatable bonds is 9. The summed E-state index contributed by atoms with van der Waals surface area (Å²) in [5.41, 5.74) is 0.970. The monoisotopic (exact) mass is 326 g/mol. The van der Waals surface area contributed by atoms with E-state index in [0.717, 1.165) is 11.3 Å². The van der Waals surface area contributed by atoms with Crippen LogP contribution in [-0.4, -0.2) is 31.5 Å². The van der Waals surface area contributed by atoms with Gasteiger partial charge in [-0.15, -0.1) is 0 Å². The van der Waals surface area contributed by atoms with E-state index in [1.807, 2.05) is 60.7 Å². The van der Waals surface area contributed by atoms with Crippen LogP contribution in [-0.2, 0) is 16.0 Å². The molecular formula is C19H22N2O3. The molecular weight excluding hydrogens is 304 g/mol. The molecule has 0 aliphatic heterocycles. The standard InChI is InChI=1S/C19H22N2O3/c22-18(11-14-24-17-9-5-2-6-10-17)20-12-13-21-19(23)15-16-7-3-1-4-8-16/h1-10H,11-15H2,(H,20,22)(H,21,23). The molecule has 2 rings (SSSR count). The molecule has 2 amide bonds. The molecule has 0 heterocycles. The van der Waals surface area contributed by atoms with Crippen LogP contribution in [0.1, 0.15) is 12.0 Å². The van der Waals surface area contributed by atoms with Gasteiger partial charge >= 0.3 is 0 Å². The van der Waals surface area contributed by atoms with E-state index in [2.05, 4.69) is 10.6 Å². The molecule has 0 fully saturated rings.